The Bertz CT molecular complexity index is 871. The zero-order valence-corrected chi connectivity index (χ0v) is 16.1. The monoisotopic (exact) mass is 390 g/mol. The molecule has 0 unspecified atom stereocenters. The van der Waals surface area contributed by atoms with Gasteiger partial charge in [-0.15, -0.1) is 0 Å². The molecule has 0 aliphatic rings. The molecule has 2 aromatic rings. The van der Waals surface area contributed by atoms with E-state index < -0.39 is 29.4 Å². The van der Waals surface area contributed by atoms with Crippen molar-refractivity contribution in [2.24, 2.45) is 5.73 Å². The number of rotatable bonds is 9. The SMILES string of the molecule is CC[C@@H](N[C@@H](C)CC(N)=O)c1ccc(OC)c(C(=O)c2cccc(F)c2)c1F. The third kappa shape index (κ3) is 4.92. The van der Waals surface area contributed by atoms with E-state index in [-0.39, 0.29) is 34.9 Å². The van der Waals surface area contributed by atoms with Crippen molar-refractivity contribution >= 4 is 11.7 Å². The van der Waals surface area contributed by atoms with Gasteiger partial charge in [-0.1, -0.05) is 25.1 Å². The van der Waals surface area contributed by atoms with Crippen molar-refractivity contribution in [2.75, 3.05) is 7.11 Å². The van der Waals surface area contributed by atoms with Gasteiger partial charge in [-0.25, -0.2) is 8.78 Å². The first-order valence-corrected chi connectivity index (χ1v) is 8.99. The van der Waals surface area contributed by atoms with Crippen LogP contribution in [0.25, 0.3) is 0 Å². The van der Waals surface area contributed by atoms with Crippen LogP contribution in [0.5, 0.6) is 5.75 Å². The number of hydrogen-bond acceptors (Lipinski definition) is 4. The Morgan fingerprint density at radius 1 is 1.21 bits per heavy atom. The average Bonchev–Trinajstić information content (AvgIpc) is 2.65. The van der Waals surface area contributed by atoms with Crippen LogP contribution in [0, 0.1) is 11.6 Å². The molecule has 28 heavy (non-hydrogen) atoms. The molecule has 5 nitrogen and oxygen atoms in total. The molecule has 1 amide bonds. The van der Waals surface area contributed by atoms with Crippen molar-refractivity contribution in [3.63, 3.8) is 0 Å². The van der Waals surface area contributed by atoms with Gasteiger partial charge in [-0.3, -0.25) is 9.59 Å². The van der Waals surface area contributed by atoms with E-state index in [0.29, 0.717) is 6.42 Å². The van der Waals surface area contributed by atoms with Crippen LogP contribution in [0.15, 0.2) is 36.4 Å². The minimum absolute atomic E-state index is 0.0254. The number of amides is 1. The summed E-state index contributed by atoms with van der Waals surface area (Å²) in [5.74, 6) is -2.40. The molecule has 3 N–H and O–H groups in total. The highest BCUT2D eigenvalue weighted by molar-refractivity contribution is 6.11. The summed E-state index contributed by atoms with van der Waals surface area (Å²) < 4.78 is 34.1. The van der Waals surface area contributed by atoms with Gasteiger partial charge >= 0.3 is 0 Å². The Balaban J connectivity index is 2.46. The first kappa shape index (κ1) is 21.5. The normalized spacial score (nSPS) is 13.0. The Kier molecular flexibility index (Phi) is 7.23. The van der Waals surface area contributed by atoms with Crippen molar-refractivity contribution in [3.8, 4) is 5.75 Å². The first-order valence-electron chi connectivity index (χ1n) is 8.99. The minimum atomic E-state index is -0.737. The number of nitrogens with two attached hydrogens (primary N) is 1. The van der Waals surface area contributed by atoms with E-state index in [1.54, 1.807) is 6.92 Å². The lowest BCUT2D eigenvalue weighted by molar-refractivity contribution is -0.118. The molecule has 0 aromatic heterocycles. The summed E-state index contributed by atoms with van der Waals surface area (Å²) in [5.41, 5.74) is 5.25. The summed E-state index contributed by atoms with van der Waals surface area (Å²) in [4.78, 5) is 24.0. The van der Waals surface area contributed by atoms with E-state index in [2.05, 4.69) is 5.32 Å². The Morgan fingerprint density at radius 2 is 1.93 bits per heavy atom. The van der Waals surface area contributed by atoms with Crippen LogP contribution in [-0.4, -0.2) is 24.8 Å². The first-order chi connectivity index (χ1) is 13.3. The zero-order valence-electron chi connectivity index (χ0n) is 16.1. The summed E-state index contributed by atoms with van der Waals surface area (Å²) in [6, 6.07) is 7.39. The quantitative estimate of drug-likeness (QED) is 0.642. The van der Waals surface area contributed by atoms with Crippen molar-refractivity contribution in [1.29, 1.82) is 0 Å². The number of nitrogens with one attached hydrogen (secondary N) is 1. The van der Waals surface area contributed by atoms with Gasteiger partial charge in [0, 0.05) is 29.6 Å². The van der Waals surface area contributed by atoms with Crippen LogP contribution in [-0.2, 0) is 4.79 Å². The lowest BCUT2D eigenvalue weighted by atomic mass is 9.95. The maximum absolute atomic E-state index is 15.4. The van der Waals surface area contributed by atoms with Crippen molar-refractivity contribution in [3.05, 3.63) is 64.7 Å². The molecule has 2 rings (SSSR count). The van der Waals surface area contributed by atoms with Gasteiger partial charge in [-0.2, -0.15) is 0 Å². The Labute approximate surface area is 162 Å². The molecule has 0 bridgehead atoms. The number of carbonyl (C=O) groups excluding carboxylic acids is 2. The van der Waals surface area contributed by atoms with E-state index in [0.717, 1.165) is 6.07 Å². The number of ether oxygens (including phenoxy) is 1. The summed E-state index contributed by atoms with van der Waals surface area (Å²) >= 11 is 0. The largest absolute Gasteiger partial charge is 0.496 e. The van der Waals surface area contributed by atoms with Gasteiger partial charge in [0.05, 0.1) is 7.11 Å². The van der Waals surface area contributed by atoms with Crippen LogP contribution in [0.2, 0.25) is 0 Å². The van der Waals surface area contributed by atoms with Crippen LogP contribution in [0.4, 0.5) is 8.78 Å². The third-order valence-corrected chi connectivity index (χ3v) is 4.44. The fourth-order valence-electron chi connectivity index (χ4n) is 3.13. The second kappa shape index (κ2) is 9.41. The van der Waals surface area contributed by atoms with Gasteiger partial charge in [0.2, 0.25) is 5.91 Å². The lowest BCUT2D eigenvalue weighted by Crippen LogP contribution is -2.34. The predicted molar refractivity (Wildman–Crippen MR) is 102 cm³/mol. The van der Waals surface area contributed by atoms with Crippen LogP contribution >= 0.6 is 0 Å². The number of ketones is 1. The van der Waals surface area contributed by atoms with Crippen LogP contribution < -0.4 is 15.8 Å². The number of primary amides is 1. The topological polar surface area (TPSA) is 81.4 Å². The average molecular weight is 390 g/mol. The third-order valence-electron chi connectivity index (χ3n) is 4.44. The molecule has 0 heterocycles. The molecule has 7 heteroatoms. The number of hydrogen-bond donors (Lipinski definition) is 2. The molecule has 150 valence electrons. The number of benzene rings is 2. The highest BCUT2D eigenvalue weighted by Gasteiger charge is 2.26. The second-order valence-corrected chi connectivity index (χ2v) is 6.58. The van der Waals surface area contributed by atoms with Crippen LogP contribution in [0.1, 0.15) is 54.2 Å². The Hall–Kier alpha value is -2.80. The molecule has 0 saturated carbocycles. The molecular formula is C21H24F2N2O3. The minimum Gasteiger partial charge on any atom is -0.496 e. The molecule has 0 aliphatic carbocycles. The predicted octanol–water partition coefficient (Wildman–Crippen LogP) is 3.51. The highest BCUT2D eigenvalue weighted by atomic mass is 19.1. The fourth-order valence-corrected chi connectivity index (χ4v) is 3.13. The van der Waals surface area contributed by atoms with Gasteiger partial charge in [0.1, 0.15) is 22.9 Å². The van der Waals surface area contributed by atoms with E-state index in [9.17, 15) is 14.0 Å². The lowest BCUT2D eigenvalue weighted by Gasteiger charge is -2.23. The van der Waals surface area contributed by atoms with Crippen molar-refractivity contribution in [1.82, 2.24) is 5.32 Å². The molecule has 0 radical (unpaired) electrons. The van der Waals surface area contributed by atoms with E-state index in [1.165, 1.54) is 37.4 Å². The van der Waals surface area contributed by atoms with Crippen molar-refractivity contribution < 1.29 is 23.1 Å². The van der Waals surface area contributed by atoms with E-state index >= 15 is 4.39 Å². The summed E-state index contributed by atoms with van der Waals surface area (Å²) in [7, 11) is 1.33. The maximum atomic E-state index is 15.4. The second-order valence-electron chi connectivity index (χ2n) is 6.58. The van der Waals surface area contributed by atoms with E-state index in [4.69, 9.17) is 10.5 Å². The molecule has 0 spiro atoms. The number of halogens is 2. The van der Waals surface area contributed by atoms with Gasteiger partial charge in [0.15, 0.2) is 5.78 Å². The summed E-state index contributed by atoms with van der Waals surface area (Å²) in [5, 5.41) is 3.15. The van der Waals surface area contributed by atoms with Gasteiger partial charge < -0.3 is 15.8 Å². The van der Waals surface area contributed by atoms with Crippen LogP contribution in [0.3, 0.4) is 0 Å². The molecule has 2 aromatic carbocycles. The summed E-state index contributed by atoms with van der Waals surface area (Å²) in [6.45, 7) is 3.63. The van der Waals surface area contributed by atoms with Gasteiger partial charge in [-0.05, 0) is 31.5 Å². The summed E-state index contributed by atoms with van der Waals surface area (Å²) in [6.07, 6.45) is 0.614. The number of methoxy groups -OCH3 is 1. The highest BCUT2D eigenvalue weighted by Crippen LogP contribution is 2.31. The maximum Gasteiger partial charge on any atom is 0.218 e. The van der Waals surface area contributed by atoms with Gasteiger partial charge in [0.25, 0.3) is 0 Å². The number of carbonyl (C=O) groups is 2. The van der Waals surface area contributed by atoms with E-state index in [1.807, 2.05) is 6.92 Å². The zero-order chi connectivity index (χ0) is 20.8. The molecule has 0 fully saturated rings. The molecule has 0 aliphatic heterocycles. The fraction of sp³-hybridized carbons (Fsp3) is 0.333. The smallest absolute Gasteiger partial charge is 0.218 e. The van der Waals surface area contributed by atoms with Crippen molar-refractivity contribution in [2.45, 2.75) is 38.8 Å². The molecule has 2 atom stereocenters. The Morgan fingerprint density at radius 3 is 2.50 bits per heavy atom. The molecular weight excluding hydrogens is 366 g/mol. The standard InChI is InChI=1S/C21H24F2N2O3/c1-4-16(25-12(2)10-18(24)26)15-8-9-17(28-3)19(20(15)23)21(27)13-6-5-7-14(22)11-13/h5-9,11-12,16,25H,4,10H2,1-3H3,(H2,24,26)/t12-,16+/m0/s1. The molecule has 0 saturated heterocycles.